The molecule has 1 aliphatic rings. The average molecular weight is 298 g/mol. The summed E-state index contributed by atoms with van der Waals surface area (Å²) in [5.41, 5.74) is 6.74. The second kappa shape index (κ2) is 6.92. The van der Waals surface area contributed by atoms with Gasteiger partial charge in [-0.05, 0) is 37.6 Å². The molecule has 1 aromatic carbocycles. The van der Waals surface area contributed by atoms with Gasteiger partial charge in [0.05, 0.1) is 17.3 Å². The number of nitrogen functional groups attached to an aromatic ring is 1. The van der Waals surface area contributed by atoms with E-state index in [-0.39, 0.29) is 18.6 Å². The van der Waals surface area contributed by atoms with E-state index in [1.807, 2.05) is 0 Å². The number of carbonyl (C=O) groups excluding carboxylic acids is 1. The predicted octanol–water partition coefficient (Wildman–Crippen LogP) is 1.71. The van der Waals surface area contributed by atoms with Crippen molar-refractivity contribution in [3.63, 3.8) is 0 Å². The summed E-state index contributed by atoms with van der Waals surface area (Å²) in [6.07, 6.45) is 2.47. The molecule has 1 saturated heterocycles. The number of benzene rings is 1. The molecule has 110 valence electrons. The standard InChI is InChI=1S/C14H20ClN3O2/c15-12-8-10(16)3-4-13(12)17-14(20)5-7-18-6-1-2-11(18)9-19/h3-4,8,11,19H,1-2,5-7,9,16H2,(H,17,20). The van der Waals surface area contributed by atoms with Gasteiger partial charge in [-0.25, -0.2) is 0 Å². The van der Waals surface area contributed by atoms with Gasteiger partial charge < -0.3 is 16.2 Å². The number of nitrogens with two attached hydrogens (primary N) is 1. The van der Waals surface area contributed by atoms with Gasteiger partial charge in [-0.3, -0.25) is 9.69 Å². The number of halogens is 1. The van der Waals surface area contributed by atoms with Crippen molar-refractivity contribution < 1.29 is 9.90 Å². The fourth-order valence-electron chi connectivity index (χ4n) is 2.49. The van der Waals surface area contributed by atoms with Crippen LogP contribution in [0.4, 0.5) is 11.4 Å². The first-order valence-electron chi connectivity index (χ1n) is 6.80. The van der Waals surface area contributed by atoms with E-state index in [2.05, 4.69) is 10.2 Å². The van der Waals surface area contributed by atoms with Crippen LogP contribution >= 0.6 is 11.6 Å². The summed E-state index contributed by atoms with van der Waals surface area (Å²) < 4.78 is 0. The molecule has 1 aromatic rings. The lowest BCUT2D eigenvalue weighted by Gasteiger charge is -2.22. The molecule has 0 bridgehead atoms. The van der Waals surface area contributed by atoms with Crippen LogP contribution in [0, 0.1) is 0 Å². The predicted molar refractivity (Wildman–Crippen MR) is 80.8 cm³/mol. The first kappa shape index (κ1) is 15.1. The minimum absolute atomic E-state index is 0.0831. The fraction of sp³-hybridized carbons (Fsp3) is 0.500. The van der Waals surface area contributed by atoms with E-state index < -0.39 is 0 Å². The van der Waals surface area contributed by atoms with Crippen molar-refractivity contribution in [2.24, 2.45) is 0 Å². The zero-order chi connectivity index (χ0) is 14.5. The van der Waals surface area contributed by atoms with Crippen LogP contribution in [0.2, 0.25) is 5.02 Å². The van der Waals surface area contributed by atoms with E-state index in [1.54, 1.807) is 18.2 Å². The molecule has 1 aliphatic heterocycles. The zero-order valence-electron chi connectivity index (χ0n) is 11.3. The minimum Gasteiger partial charge on any atom is -0.399 e. The van der Waals surface area contributed by atoms with Gasteiger partial charge in [-0.15, -0.1) is 0 Å². The van der Waals surface area contributed by atoms with Crippen molar-refractivity contribution in [2.75, 3.05) is 30.7 Å². The Morgan fingerprint density at radius 2 is 2.35 bits per heavy atom. The molecule has 0 saturated carbocycles. The highest BCUT2D eigenvalue weighted by atomic mass is 35.5. The Hall–Kier alpha value is -1.30. The lowest BCUT2D eigenvalue weighted by Crippen LogP contribution is -2.34. The maximum atomic E-state index is 11.9. The average Bonchev–Trinajstić information content (AvgIpc) is 2.87. The number of amides is 1. The van der Waals surface area contributed by atoms with E-state index in [9.17, 15) is 9.90 Å². The highest BCUT2D eigenvalue weighted by molar-refractivity contribution is 6.34. The van der Waals surface area contributed by atoms with Crippen molar-refractivity contribution in [2.45, 2.75) is 25.3 Å². The number of carbonyl (C=O) groups is 1. The molecule has 0 spiro atoms. The van der Waals surface area contributed by atoms with Crippen molar-refractivity contribution in [1.29, 1.82) is 0 Å². The SMILES string of the molecule is Nc1ccc(NC(=O)CCN2CCCC2CO)c(Cl)c1. The van der Waals surface area contributed by atoms with E-state index in [4.69, 9.17) is 17.3 Å². The number of aliphatic hydroxyl groups is 1. The maximum absolute atomic E-state index is 11.9. The number of rotatable bonds is 5. The lowest BCUT2D eigenvalue weighted by molar-refractivity contribution is -0.116. The Kier molecular flexibility index (Phi) is 5.23. The Morgan fingerprint density at radius 3 is 3.05 bits per heavy atom. The van der Waals surface area contributed by atoms with Gasteiger partial charge in [0, 0.05) is 24.7 Å². The maximum Gasteiger partial charge on any atom is 0.225 e. The number of hydrogen-bond acceptors (Lipinski definition) is 4. The lowest BCUT2D eigenvalue weighted by atomic mass is 10.2. The van der Waals surface area contributed by atoms with Gasteiger partial charge in [0.15, 0.2) is 0 Å². The van der Waals surface area contributed by atoms with E-state index in [0.717, 1.165) is 19.4 Å². The smallest absolute Gasteiger partial charge is 0.225 e. The number of anilines is 2. The summed E-state index contributed by atoms with van der Waals surface area (Å²) in [5, 5.41) is 12.4. The molecule has 6 heteroatoms. The summed E-state index contributed by atoms with van der Waals surface area (Å²) in [4.78, 5) is 14.1. The first-order chi connectivity index (χ1) is 9.60. The third-order valence-electron chi connectivity index (χ3n) is 3.60. The molecule has 1 heterocycles. The van der Waals surface area contributed by atoms with Crippen molar-refractivity contribution >= 4 is 28.9 Å². The second-order valence-corrected chi connectivity index (χ2v) is 5.46. The molecule has 4 N–H and O–H groups in total. The zero-order valence-corrected chi connectivity index (χ0v) is 12.1. The van der Waals surface area contributed by atoms with Gasteiger partial charge in [-0.1, -0.05) is 11.6 Å². The van der Waals surface area contributed by atoms with E-state index in [1.165, 1.54) is 0 Å². The minimum atomic E-state index is -0.0831. The number of nitrogens with zero attached hydrogens (tertiary/aromatic N) is 1. The Bertz CT molecular complexity index is 481. The van der Waals surface area contributed by atoms with Gasteiger partial charge in [-0.2, -0.15) is 0 Å². The van der Waals surface area contributed by atoms with Crippen LogP contribution in [0.15, 0.2) is 18.2 Å². The topological polar surface area (TPSA) is 78.6 Å². The number of aliphatic hydroxyl groups excluding tert-OH is 1. The highest BCUT2D eigenvalue weighted by Gasteiger charge is 2.23. The Morgan fingerprint density at radius 1 is 1.55 bits per heavy atom. The second-order valence-electron chi connectivity index (χ2n) is 5.05. The molecule has 20 heavy (non-hydrogen) atoms. The number of hydrogen-bond donors (Lipinski definition) is 3. The van der Waals surface area contributed by atoms with Gasteiger partial charge in [0.1, 0.15) is 0 Å². The van der Waals surface area contributed by atoms with Crippen LogP contribution in [0.3, 0.4) is 0 Å². The fourth-order valence-corrected chi connectivity index (χ4v) is 2.72. The van der Waals surface area contributed by atoms with Crippen LogP contribution in [-0.2, 0) is 4.79 Å². The van der Waals surface area contributed by atoms with Crippen LogP contribution in [0.1, 0.15) is 19.3 Å². The van der Waals surface area contributed by atoms with Gasteiger partial charge in [0.25, 0.3) is 0 Å². The normalized spacial score (nSPS) is 19.2. The number of likely N-dealkylation sites (tertiary alicyclic amines) is 1. The summed E-state index contributed by atoms with van der Waals surface area (Å²) in [5.74, 6) is -0.0831. The molecule has 0 aromatic heterocycles. The third kappa shape index (κ3) is 3.85. The Labute approximate surface area is 123 Å². The monoisotopic (exact) mass is 297 g/mol. The quantitative estimate of drug-likeness (QED) is 0.723. The highest BCUT2D eigenvalue weighted by Crippen LogP contribution is 2.24. The van der Waals surface area contributed by atoms with Crippen molar-refractivity contribution in [3.05, 3.63) is 23.2 Å². The molecular weight excluding hydrogens is 278 g/mol. The van der Waals surface area contributed by atoms with E-state index in [0.29, 0.717) is 29.4 Å². The summed E-state index contributed by atoms with van der Waals surface area (Å²) in [7, 11) is 0. The summed E-state index contributed by atoms with van der Waals surface area (Å²) in [6.45, 7) is 1.76. The van der Waals surface area contributed by atoms with Crippen LogP contribution in [0.25, 0.3) is 0 Å². The molecule has 0 aliphatic carbocycles. The summed E-state index contributed by atoms with van der Waals surface area (Å²) >= 11 is 6.01. The van der Waals surface area contributed by atoms with Gasteiger partial charge in [0.2, 0.25) is 5.91 Å². The molecule has 1 amide bonds. The molecule has 0 radical (unpaired) electrons. The number of nitrogens with one attached hydrogen (secondary N) is 1. The van der Waals surface area contributed by atoms with Crippen LogP contribution < -0.4 is 11.1 Å². The molecule has 1 atom stereocenters. The molecule has 1 fully saturated rings. The third-order valence-corrected chi connectivity index (χ3v) is 3.92. The first-order valence-corrected chi connectivity index (χ1v) is 7.17. The molecule has 2 rings (SSSR count). The largest absolute Gasteiger partial charge is 0.399 e. The van der Waals surface area contributed by atoms with Crippen molar-refractivity contribution in [1.82, 2.24) is 4.90 Å². The Balaban J connectivity index is 1.83. The molecule has 5 nitrogen and oxygen atoms in total. The molecule has 1 unspecified atom stereocenters. The van der Waals surface area contributed by atoms with Crippen LogP contribution in [-0.4, -0.2) is 41.7 Å². The summed E-state index contributed by atoms with van der Waals surface area (Å²) in [6, 6.07) is 5.20. The van der Waals surface area contributed by atoms with E-state index >= 15 is 0 Å². The van der Waals surface area contributed by atoms with Crippen LogP contribution in [0.5, 0.6) is 0 Å². The van der Waals surface area contributed by atoms with Crippen molar-refractivity contribution in [3.8, 4) is 0 Å². The van der Waals surface area contributed by atoms with Gasteiger partial charge >= 0.3 is 0 Å². The molecular formula is C14H20ClN3O2.